The number of carbonyl (C=O) groups excluding carboxylic acids is 3. The summed E-state index contributed by atoms with van der Waals surface area (Å²) < 4.78 is 0. The van der Waals surface area contributed by atoms with Gasteiger partial charge in [0.25, 0.3) is 0 Å². The molecule has 164 valence electrons. The number of benzene rings is 2. The van der Waals surface area contributed by atoms with Gasteiger partial charge in [-0.25, -0.2) is 0 Å². The molecule has 6 rings (SSSR count). The number of hydrogen-bond donors (Lipinski definition) is 1. The maximum absolute atomic E-state index is 13.5. The Morgan fingerprint density at radius 1 is 0.969 bits per heavy atom. The third kappa shape index (κ3) is 3.46. The van der Waals surface area contributed by atoms with E-state index in [1.54, 1.807) is 0 Å². The Morgan fingerprint density at radius 2 is 1.59 bits per heavy atom. The lowest BCUT2D eigenvalue weighted by atomic mass is 9.63. The first-order chi connectivity index (χ1) is 15.4. The Hall–Kier alpha value is -3.21. The van der Waals surface area contributed by atoms with Crippen LogP contribution in [0.5, 0.6) is 0 Å². The van der Waals surface area contributed by atoms with Crippen LogP contribution in [0.1, 0.15) is 29.5 Å². The third-order valence-corrected chi connectivity index (χ3v) is 7.32. The minimum atomic E-state index is -0.872. The molecule has 2 aromatic rings. The lowest BCUT2D eigenvalue weighted by Crippen LogP contribution is -2.49. The Bertz CT molecular complexity index is 1080. The van der Waals surface area contributed by atoms with Crippen LogP contribution in [0.15, 0.2) is 60.7 Å². The van der Waals surface area contributed by atoms with Crippen molar-refractivity contribution >= 4 is 23.4 Å². The van der Waals surface area contributed by atoms with Crippen LogP contribution in [-0.2, 0) is 20.8 Å². The summed E-state index contributed by atoms with van der Waals surface area (Å²) >= 11 is 0. The van der Waals surface area contributed by atoms with Crippen molar-refractivity contribution in [1.82, 2.24) is 4.90 Å². The van der Waals surface area contributed by atoms with Crippen molar-refractivity contribution in [3.8, 4) is 0 Å². The average Bonchev–Trinajstić information content (AvgIpc) is 3.08. The van der Waals surface area contributed by atoms with Crippen LogP contribution in [0.25, 0.3) is 0 Å². The SMILES string of the molecule is Cc1ccc(NC(=O)C(Cc2ccccc2)N2C(=O)C3C4C=CC(CC4)C3C2=O)c(C)c1. The predicted molar refractivity (Wildman–Crippen MR) is 123 cm³/mol. The number of nitrogens with one attached hydrogen (secondary N) is 1. The van der Waals surface area contributed by atoms with Gasteiger partial charge in [-0.3, -0.25) is 19.3 Å². The van der Waals surface area contributed by atoms with E-state index in [1.165, 1.54) is 4.90 Å². The van der Waals surface area contributed by atoms with E-state index < -0.39 is 6.04 Å². The Balaban J connectivity index is 1.48. The van der Waals surface area contributed by atoms with Crippen molar-refractivity contribution in [3.05, 3.63) is 77.4 Å². The van der Waals surface area contributed by atoms with E-state index in [0.29, 0.717) is 12.1 Å². The molecule has 0 radical (unpaired) electrons. The van der Waals surface area contributed by atoms with Gasteiger partial charge in [-0.1, -0.05) is 60.2 Å². The van der Waals surface area contributed by atoms with Crippen molar-refractivity contribution in [2.24, 2.45) is 23.7 Å². The maximum Gasteiger partial charge on any atom is 0.248 e. The van der Waals surface area contributed by atoms with E-state index in [4.69, 9.17) is 0 Å². The molecule has 1 heterocycles. The second kappa shape index (κ2) is 8.05. The van der Waals surface area contributed by atoms with Gasteiger partial charge in [0.2, 0.25) is 17.7 Å². The number of fused-ring (bicyclic) bond motifs is 1. The number of hydrogen-bond acceptors (Lipinski definition) is 3. The number of rotatable bonds is 5. The molecule has 0 aromatic heterocycles. The molecule has 1 aliphatic heterocycles. The summed E-state index contributed by atoms with van der Waals surface area (Å²) in [7, 11) is 0. The van der Waals surface area contributed by atoms with Crippen molar-refractivity contribution in [2.75, 3.05) is 5.32 Å². The number of imide groups is 1. The summed E-state index contributed by atoms with van der Waals surface area (Å²) in [4.78, 5) is 41.9. The van der Waals surface area contributed by atoms with Gasteiger partial charge in [-0.05, 0) is 55.7 Å². The van der Waals surface area contributed by atoms with E-state index >= 15 is 0 Å². The highest BCUT2D eigenvalue weighted by atomic mass is 16.2. The first kappa shape index (κ1) is 20.7. The van der Waals surface area contributed by atoms with Gasteiger partial charge in [0, 0.05) is 12.1 Å². The normalized spacial score (nSPS) is 26.9. The largest absolute Gasteiger partial charge is 0.324 e. The highest BCUT2D eigenvalue weighted by Crippen LogP contribution is 2.50. The van der Waals surface area contributed by atoms with Crippen molar-refractivity contribution in [3.63, 3.8) is 0 Å². The minimum Gasteiger partial charge on any atom is -0.324 e. The molecule has 2 fully saturated rings. The van der Waals surface area contributed by atoms with Crippen molar-refractivity contribution in [1.29, 1.82) is 0 Å². The molecule has 5 heteroatoms. The van der Waals surface area contributed by atoms with Crippen LogP contribution in [0.2, 0.25) is 0 Å². The number of likely N-dealkylation sites (tertiary alicyclic amines) is 1. The van der Waals surface area contributed by atoms with E-state index in [9.17, 15) is 14.4 Å². The summed E-state index contributed by atoms with van der Waals surface area (Å²) in [5.41, 5.74) is 3.69. The zero-order chi connectivity index (χ0) is 22.4. The standard InChI is InChI=1S/C27H28N2O3/c1-16-8-13-21(17(2)14-16)28-25(30)22(15-18-6-4-3-5-7-18)29-26(31)23-19-9-10-20(12-11-19)24(23)27(29)32/h3-10,13-14,19-20,22-24H,11-12,15H2,1-2H3,(H,28,30). The zero-order valence-corrected chi connectivity index (χ0v) is 18.5. The number of carbonyl (C=O) groups is 3. The monoisotopic (exact) mass is 428 g/mol. The molecule has 5 unspecified atom stereocenters. The topological polar surface area (TPSA) is 66.5 Å². The van der Waals surface area contributed by atoms with Crippen molar-refractivity contribution in [2.45, 2.75) is 39.2 Å². The van der Waals surface area contributed by atoms with Gasteiger partial charge in [0.05, 0.1) is 11.8 Å². The molecule has 3 amide bonds. The smallest absolute Gasteiger partial charge is 0.248 e. The van der Waals surface area contributed by atoms with E-state index in [-0.39, 0.29) is 41.4 Å². The second-order valence-corrected chi connectivity index (χ2v) is 9.40. The van der Waals surface area contributed by atoms with Crippen LogP contribution in [0.3, 0.4) is 0 Å². The Kier molecular flexibility index (Phi) is 5.20. The van der Waals surface area contributed by atoms with Crippen LogP contribution in [0.4, 0.5) is 5.69 Å². The maximum atomic E-state index is 13.5. The van der Waals surface area contributed by atoms with Gasteiger partial charge in [-0.15, -0.1) is 0 Å². The Labute approximate surface area is 188 Å². The molecule has 2 aromatic carbocycles. The summed E-state index contributed by atoms with van der Waals surface area (Å²) in [6, 6.07) is 14.5. The van der Waals surface area contributed by atoms with Crippen molar-refractivity contribution < 1.29 is 14.4 Å². The molecule has 5 atom stereocenters. The van der Waals surface area contributed by atoms with Gasteiger partial charge < -0.3 is 5.32 Å². The van der Waals surface area contributed by atoms with Gasteiger partial charge in [0.15, 0.2) is 0 Å². The average molecular weight is 429 g/mol. The van der Waals surface area contributed by atoms with Gasteiger partial charge in [-0.2, -0.15) is 0 Å². The molecule has 5 nitrogen and oxygen atoms in total. The number of anilines is 1. The zero-order valence-electron chi connectivity index (χ0n) is 18.5. The summed E-state index contributed by atoms with van der Waals surface area (Å²) in [6.45, 7) is 3.95. The molecule has 1 N–H and O–H groups in total. The molecule has 4 aliphatic rings. The van der Waals surface area contributed by atoms with Gasteiger partial charge in [0.1, 0.15) is 6.04 Å². The quantitative estimate of drug-likeness (QED) is 0.577. The molecule has 0 spiro atoms. The van der Waals surface area contributed by atoms with Crippen LogP contribution >= 0.6 is 0 Å². The first-order valence-corrected chi connectivity index (χ1v) is 11.4. The minimum absolute atomic E-state index is 0.103. The molecule has 1 saturated heterocycles. The van der Waals surface area contributed by atoms with Crippen LogP contribution < -0.4 is 5.32 Å². The summed E-state index contributed by atoms with van der Waals surface area (Å²) in [5.74, 6) is -1.12. The molecular formula is C27H28N2O3. The fourth-order valence-corrected chi connectivity index (χ4v) is 5.71. The second-order valence-electron chi connectivity index (χ2n) is 9.40. The van der Waals surface area contributed by atoms with E-state index in [0.717, 1.165) is 29.5 Å². The van der Waals surface area contributed by atoms with Crippen LogP contribution in [-0.4, -0.2) is 28.7 Å². The molecule has 32 heavy (non-hydrogen) atoms. The highest BCUT2D eigenvalue weighted by molar-refractivity contribution is 6.10. The van der Waals surface area contributed by atoms with Crippen LogP contribution in [0, 0.1) is 37.5 Å². The summed E-state index contributed by atoms with van der Waals surface area (Å²) in [5, 5.41) is 2.99. The molecular weight excluding hydrogens is 400 g/mol. The highest BCUT2D eigenvalue weighted by Gasteiger charge is 2.58. The molecule has 3 aliphatic carbocycles. The van der Waals surface area contributed by atoms with E-state index in [2.05, 4.69) is 17.5 Å². The molecule has 2 bridgehead atoms. The number of allylic oxidation sites excluding steroid dienone is 2. The predicted octanol–water partition coefficient (Wildman–Crippen LogP) is 4.05. The first-order valence-electron chi connectivity index (χ1n) is 11.4. The third-order valence-electron chi connectivity index (χ3n) is 7.32. The lowest BCUT2D eigenvalue weighted by molar-refractivity contribution is -0.146. The lowest BCUT2D eigenvalue weighted by Gasteiger charge is -2.38. The number of amides is 3. The molecule has 1 saturated carbocycles. The fourth-order valence-electron chi connectivity index (χ4n) is 5.71. The van der Waals surface area contributed by atoms with Gasteiger partial charge >= 0.3 is 0 Å². The Morgan fingerprint density at radius 3 is 2.16 bits per heavy atom. The number of aryl methyl sites for hydroxylation is 2. The summed E-state index contributed by atoms with van der Waals surface area (Å²) in [6.07, 6.45) is 6.38. The fraction of sp³-hybridized carbons (Fsp3) is 0.370. The number of nitrogens with zero attached hydrogens (tertiary/aromatic N) is 1. The van der Waals surface area contributed by atoms with E-state index in [1.807, 2.05) is 62.4 Å².